The van der Waals surface area contributed by atoms with Crippen molar-refractivity contribution in [2.24, 2.45) is 5.92 Å². The van der Waals surface area contributed by atoms with Crippen LogP contribution >= 0.6 is 11.3 Å². The Morgan fingerprint density at radius 2 is 1.90 bits per heavy atom. The second kappa shape index (κ2) is 6.67. The molecule has 1 aliphatic carbocycles. The van der Waals surface area contributed by atoms with Crippen molar-refractivity contribution in [3.05, 3.63) is 41.2 Å². The summed E-state index contributed by atoms with van der Waals surface area (Å²) >= 11 is 1.62. The van der Waals surface area contributed by atoms with Crippen LogP contribution in [-0.4, -0.2) is 11.0 Å². The number of hydrogen-bond acceptors (Lipinski definition) is 3. The zero-order valence-electron chi connectivity index (χ0n) is 12.3. The van der Waals surface area contributed by atoms with E-state index in [4.69, 9.17) is 0 Å². The maximum Gasteiger partial charge on any atom is 0.123 e. The molecule has 21 heavy (non-hydrogen) atoms. The van der Waals surface area contributed by atoms with E-state index in [1.54, 1.807) is 23.5 Å². The molecule has 4 heteroatoms. The molecule has 0 saturated heterocycles. The van der Waals surface area contributed by atoms with Gasteiger partial charge in [0.25, 0.3) is 0 Å². The van der Waals surface area contributed by atoms with Gasteiger partial charge in [0, 0.05) is 23.5 Å². The van der Waals surface area contributed by atoms with E-state index in [1.165, 1.54) is 37.8 Å². The first-order chi connectivity index (χ1) is 10.2. The Bertz CT molecular complexity index is 571. The van der Waals surface area contributed by atoms with Crippen molar-refractivity contribution in [2.75, 3.05) is 0 Å². The van der Waals surface area contributed by atoms with Crippen LogP contribution in [-0.2, 0) is 6.54 Å². The van der Waals surface area contributed by atoms with Gasteiger partial charge < -0.3 is 5.32 Å². The predicted octanol–water partition coefficient (Wildman–Crippen LogP) is 4.62. The van der Waals surface area contributed by atoms with Crippen molar-refractivity contribution in [1.29, 1.82) is 0 Å². The van der Waals surface area contributed by atoms with Gasteiger partial charge in [-0.25, -0.2) is 9.37 Å². The third kappa shape index (κ3) is 3.89. The molecule has 1 aromatic carbocycles. The Morgan fingerprint density at radius 3 is 2.62 bits per heavy atom. The topological polar surface area (TPSA) is 24.9 Å². The molecule has 0 spiro atoms. The van der Waals surface area contributed by atoms with Crippen LogP contribution in [0, 0.1) is 11.7 Å². The lowest BCUT2D eigenvalue weighted by Gasteiger charge is -2.26. The van der Waals surface area contributed by atoms with Crippen LogP contribution < -0.4 is 5.32 Å². The van der Waals surface area contributed by atoms with E-state index >= 15 is 0 Å². The summed E-state index contributed by atoms with van der Waals surface area (Å²) in [5.74, 6) is 0.677. The smallest absolute Gasteiger partial charge is 0.123 e. The quantitative estimate of drug-likeness (QED) is 0.891. The Balaban J connectivity index is 1.56. The van der Waals surface area contributed by atoms with Gasteiger partial charge in [-0.3, -0.25) is 0 Å². The average molecular weight is 304 g/mol. The van der Waals surface area contributed by atoms with Crippen LogP contribution in [0.2, 0.25) is 0 Å². The fourth-order valence-electron chi connectivity index (χ4n) is 2.83. The van der Waals surface area contributed by atoms with Gasteiger partial charge in [-0.1, -0.05) is 6.92 Å². The van der Waals surface area contributed by atoms with Crippen LogP contribution in [0.1, 0.15) is 38.3 Å². The molecule has 0 radical (unpaired) electrons. The normalized spacial score (nSPS) is 22.4. The molecule has 1 aliphatic rings. The fourth-order valence-corrected chi connectivity index (χ4v) is 3.65. The number of nitrogens with zero attached hydrogens (tertiary/aromatic N) is 1. The van der Waals surface area contributed by atoms with E-state index in [-0.39, 0.29) is 5.82 Å². The first-order valence-electron chi connectivity index (χ1n) is 7.64. The van der Waals surface area contributed by atoms with E-state index < -0.39 is 0 Å². The Hall–Kier alpha value is -1.26. The highest BCUT2D eigenvalue weighted by Crippen LogP contribution is 2.25. The lowest BCUT2D eigenvalue weighted by Crippen LogP contribution is -2.32. The van der Waals surface area contributed by atoms with Gasteiger partial charge in [0.05, 0.1) is 5.69 Å². The van der Waals surface area contributed by atoms with E-state index in [2.05, 4.69) is 22.6 Å². The molecule has 1 saturated carbocycles. The molecule has 1 fully saturated rings. The van der Waals surface area contributed by atoms with E-state index in [0.717, 1.165) is 28.7 Å². The maximum absolute atomic E-state index is 12.9. The molecule has 1 aromatic heterocycles. The number of aromatic nitrogens is 1. The minimum Gasteiger partial charge on any atom is -0.308 e. The zero-order chi connectivity index (χ0) is 14.7. The maximum atomic E-state index is 12.9. The SMILES string of the molecule is CC1CCC(NCc2csc(-c3ccc(F)cc3)n2)CC1. The van der Waals surface area contributed by atoms with E-state index in [9.17, 15) is 4.39 Å². The largest absolute Gasteiger partial charge is 0.308 e. The average Bonchev–Trinajstić information content (AvgIpc) is 2.96. The molecule has 112 valence electrons. The van der Waals surface area contributed by atoms with Crippen molar-refractivity contribution < 1.29 is 4.39 Å². The summed E-state index contributed by atoms with van der Waals surface area (Å²) in [7, 11) is 0. The second-order valence-electron chi connectivity index (χ2n) is 5.99. The zero-order valence-corrected chi connectivity index (χ0v) is 13.1. The standard InChI is InChI=1S/C17H21FN2S/c1-12-2-8-15(9-3-12)19-10-16-11-21-17(20-16)13-4-6-14(18)7-5-13/h4-7,11-12,15,19H,2-3,8-10H2,1H3. The molecule has 1 N–H and O–H groups in total. The number of rotatable bonds is 4. The minimum atomic E-state index is -0.205. The van der Waals surface area contributed by atoms with Crippen molar-refractivity contribution in [2.45, 2.75) is 45.2 Å². The van der Waals surface area contributed by atoms with Crippen LogP contribution in [0.3, 0.4) is 0 Å². The molecule has 0 bridgehead atoms. The van der Waals surface area contributed by atoms with Gasteiger partial charge in [0.2, 0.25) is 0 Å². The predicted molar refractivity (Wildman–Crippen MR) is 85.8 cm³/mol. The molecule has 2 nitrogen and oxygen atoms in total. The van der Waals surface area contributed by atoms with E-state index in [0.29, 0.717) is 6.04 Å². The fraction of sp³-hybridized carbons (Fsp3) is 0.471. The van der Waals surface area contributed by atoms with Gasteiger partial charge in [-0.2, -0.15) is 0 Å². The first-order valence-corrected chi connectivity index (χ1v) is 8.52. The summed E-state index contributed by atoms with van der Waals surface area (Å²) < 4.78 is 12.9. The van der Waals surface area contributed by atoms with Crippen molar-refractivity contribution in [3.63, 3.8) is 0 Å². The molecule has 3 rings (SSSR count). The highest BCUT2D eigenvalue weighted by atomic mass is 32.1. The number of hydrogen-bond donors (Lipinski definition) is 1. The lowest BCUT2D eigenvalue weighted by atomic mass is 9.87. The highest BCUT2D eigenvalue weighted by Gasteiger charge is 2.17. The third-order valence-corrected chi connectivity index (χ3v) is 5.17. The molecule has 0 unspecified atom stereocenters. The molecular formula is C17H21FN2S. The molecule has 0 atom stereocenters. The summed E-state index contributed by atoms with van der Waals surface area (Å²) in [5.41, 5.74) is 2.07. The van der Waals surface area contributed by atoms with Crippen molar-refractivity contribution in [3.8, 4) is 10.6 Å². The Labute approximate surface area is 129 Å². The number of halogens is 1. The summed E-state index contributed by atoms with van der Waals surface area (Å²) in [4.78, 5) is 4.64. The molecule has 0 amide bonds. The molecule has 1 heterocycles. The van der Waals surface area contributed by atoms with Gasteiger partial charge in [-0.05, 0) is 55.9 Å². The second-order valence-corrected chi connectivity index (χ2v) is 6.85. The van der Waals surface area contributed by atoms with Crippen LogP contribution in [0.25, 0.3) is 10.6 Å². The number of nitrogens with one attached hydrogen (secondary N) is 1. The Kier molecular flexibility index (Phi) is 4.66. The van der Waals surface area contributed by atoms with E-state index in [1.807, 2.05) is 0 Å². The summed E-state index contributed by atoms with van der Waals surface area (Å²) in [6, 6.07) is 7.18. The molecule has 2 aromatic rings. The first kappa shape index (κ1) is 14.7. The van der Waals surface area contributed by atoms with Gasteiger partial charge >= 0.3 is 0 Å². The molecular weight excluding hydrogens is 283 g/mol. The Morgan fingerprint density at radius 1 is 1.19 bits per heavy atom. The summed E-state index contributed by atoms with van der Waals surface area (Å²) in [6.45, 7) is 3.17. The minimum absolute atomic E-state index is 0.205. The van der Waals surface area contributed by atoms with Crippen LogP contribution in [0.4, 0.5) is 4.39 Å². The van der Waals surface area contributed by atoms with Crippen LogP contribution in [0.15, 0.2) is 29.6 Å². The van der Waals surface area contributed by atoms with Gasteiger partial charge in [0.1, 0.15) is 10.8 Å². The summed E-state index contributed by atoms with van der Waals surface area (Å²) in [6.07, 6.45) is 5.21. The molecule has 0 aliphatic heterocycles. The van der Waals surface area contributed by atoms with Crippen LogP contribution in [0.5, 0.6) is 0 Å². The number of thiazole rings is 1. The summed E-state index contributed by atoms with van der Waals surface area (Å²) in [5, 5.41) is 6.67. The highest BCUT2D eigenvalue weighted by molar-refractivity contribution is 7.13. The van der Waals surface area contributed by atoms with Crippen molar-refractivity contribution >= 4 is 11.3 Å². The van der Waals surface area contributed by atoms with Gasteiger partial charge in [-0.15, -0.1) is 11.3 Å². The lowest BCUT2D eigenvalue weighted by molar-refractivity contribution is 0.306. The van der Waals surface area contributed by atoms with Crippen molar-refractivity contribution in [1.82, 2.24) is 10.3 Å². The monoisotopic (exact) mass is 304 g/mol. The third-order valence-electron chi connectivity index (χ3n) is 4.23. The number of benzene rings is 1. The van der Waals surface area contributed by atoms with Gasteiger partial charge in [0.15, 0.2) is 0 Å².